The van der Waals surface area contributed by atoms with Crippen molar-refractivity contribution in [3.05, 3.63) is 47.0 Å². The van der Waals surface area contributed by atoms with Crippen LogP contribution in [0.1, 0.15) is 11.3 Å². The molecule has 1 aliphatic heterocycles. The Morgan fingerprint density at radius 1 is 1.20 bits per heavy atom. The minimum Gasteiger partial charge on any atom is -0.379 e. The van der Waals surface area contributed by atoms with Gasteiger partial charge in [-0.15, -0.1) is 11.3 Å². The molecule has 2 aromatic rings. The summed E-state index contributed by atoms with van der Waals surface area (Å²) in [5.74, 6) is 0. The van der Waals surface area contributed by atoms with E-state index in [2.05, 4.69) is 44.8 Å². The van der Waals surface area contributed by atoms with Crippen LogP contribution in [0.3, 0.4) is 0 Å². The molecule has 4 nitrogen and oxygen atoms in total. The molecule has 106 valence electrons. The number of ether oxygens (including phenoxy) is 1. The Morgan fingerprint density at radius 3 is 2.80 bits per heavy atom. The first-order valence-corrected chi connectivity index (χ1v) is 7.80. The largest absolute Gasteiger partial charge is 0.379 e. The Kier molecular flexibility index (Phi) is 4.63. The Bertz CT molecular complexity index is 523. The van der Waals surface area contributed by atoms with E-state index < -0.39 is 0 Å². The van der Waals surface area contributed by atoms with Crippen molar-refractivity contribution in [2.24, 2.45) is 0 Å². The van der Waals surface area contributed by atoms with Crippen LogP contribution >= 0.6 is 11.3 Å². The number of hydrogen-bond acceptors (Lipinski definition) is 5. The fourth-order valence-corrected chi connectivity index (χ4v) is 2.92. The minimum absolute atomic E-state index is 0.825. The quantitative estimate of drug-likeness (QED) is 0.918. The van der Waals surface area contributed by atoms with Gasteiger partial charge in [0.25, 0.3) is 0 Å². The summed E-state index contributed by atoms with van der Waals surface area (Å²) in [6.45, 7) is 5.43. The molecule has 1 saturated heterocycles. The van der Waals surface area contributed by atoms with E-state index in [1.807, 2.05) is 6.07 Å². The van der Waals surface area contributed by atoms with Crippen LogP contribution in [0.25, 0.3) is 0 Å². The van der Waals surface area contributed by atoms with Crippen molar-refractivity contribution in [1.82, 2.24) is 9.88 Å². The van der Waals surface area contributed by atoms with Gasteiger partial charge in [-0.3, -0.25) is 4.90 Å². The number of thiazole rings is 1. The molecule has 1 aromatic carbocycles. The zero-order valence-electron chi connectivity index (χ0n) is 11.4. The highest BCUT2D eigenvalue weighted by atomic mass is 32.1. The van der Waals surface area contributed by atoms with Crippen molar-refractivity contribution in [3.63, 3.8) is 0 Å². The lowest BCUT2D eigenvalue weighted by atomic mass is 10.2. The van der Waals surface area contributed by atoms with E-state index >= 15 is 0 Å². The lowest BCUT2D eigenvalue weighted by Gasteiger charge is -2.25. The van der Waals surface area contributed by atoms with Gasteiger partial charge in [0.15, 0.2) is 5.13 Å². The molecule has 1 aliphatic rings. The molecule has 1 fully saturated rings. The molecule has 0 saturated carbocycles. The molecule has 0 radical (unpaired) electrons. The SMILES string of the molecule is c1ccc(CNc2nc(CN3CCOCC3)cs2)cc1. The van der Waals surface area contributed by atoms with Crippen LogP contribution in [0.4, 0.5) is 5.13 Å². The number of rotatable bonds is 5. The van der Waals surface area contributed by atoms with Gasteiger partial charge in [0.05, 0.1) is 18.9 Å². The molecule has 0 unspecified atom stereocenters. The van der Waals surface area contributed by atoms with Gasteiger partial charge in [0, 0.05) is 31.6 Å². The zero-order chi connectivity index (χ0) is 13.6. The molecule has 0 amide bonds. The van der Waals surface area contributed by atoms with Crippen molar-refractivity contribution in [2.45, 2.75) is 13.1 Å². The molecule has 2 heterocycles. The van der Waals surface area contributed by atoms with Crippen LogP contribution in [-0.2, 0) is 17.8 Å². The molecular weight excluding hydrogens is 270 g/mol. The first-order chi connectivity index (χ1) is 9.90. The topological polar surface area (TPSA) is 37.4 Å². The van der Waals surface area contributed by atoms with Gasteiger partial charge in [-0.25, -0.2) is 4.98 Å². The number of nitrogens with zero attached hydrogens (tertiary/aromatic N) is 2. The number of anilines is 1. The summed E-state index contributed by atoms with van der Waals surface area (Å²) in [6, 6.07) is 10.4. The Morgan fingerprint density at radius 2 is 2.00 bits per heavy atom. The maximum atomic E-state index is 5.36. The number of hydrogen-bond donors (Lipinski definition) is 1. The lowest BCUT2D eigenvalue weighted by molar-refractivity contribution is 0.0337. The van der Waals surface area contributed by atoms with Gasteiger partial charge in [0.1, 0.15) is 0 Å². The predicted octanol–water partition coefficient (Wildman–Crippen LogP) is 2.59. The highest BCUT2D eigenvalue weighted by Crippen LogP contribution is 2.18. The van der Waals surface area contributed by atoms with Crippen LogP contribution in [0.15, 0.2) is 35.7 Å². The van der Waals surface area contributed by atoms with E-state index in [9.17, 15) is 0 Å². The summed E-state index contributed by atoms with van der Waals surface area (Å²) in [4.78, 5) is 7.03. The molecule has 0 aliphatic carbocycles. The van der Waals surface area contributed by atoms with Gasteiger partial charge in [0.2, 0.25) is 0 Å². The van der Waals surface area contributed by atoms with Crippen molar-refractivity contribution < 1.29 is 4.74 Å². The van der Waals surface area contributed by atoms with Gasteiger partial charge in [-0.1, -0.05) is 30.3 Å². The summed E-state index contributed by atoms with van der Waals surface area (Å²) in [6.07, 6.45) is 0. The van der Waals surface area contributed by atoms with Gasteiger partial charge in [-0.05, 0) is 5.56 Å². The number of benzene rings is 1. The molecular formula is C15H19N3OS. The van der Waals surface area contributed by atoms with Gasteiger partial charge >= 0.3 is 0 Å². The lowest BCUT2D eigenvalue weighted by Crippen LogP contribution is -2.35. The summed E-state index contributed by atoms with van der Waals surface area (Å²) >= 11 is 1.68. The molecule has 0 spiro atoms. The predicted molar refractivity (Wildman–Crippen MR) is 82.0 cm³/mol. The van der Waals surface area contributed by atoms with E-state index in [0.29, 0.717) is 0 Å². The van der Waals surface area contributed by atoms with E-state index in [1.165, 1.54) is 5.56 Å². The summed E-state index contributed by atoms with van der Waals surface area (Å²) < 4.78 is 5.36. The van der Waals surface area contributed by atoms with E-state index in [4.69, 9.17) is 4.74 Å². The normalized spacial score (nSPS) is 16.2. The average molecular weight is 289 g/mol. The molecule has 1 aromatic heterocycles. The monoisotopic (exact) mass is 289 g/mol. The summed E-state index contributed by atoms with van der Waals surface area (Å²) in [5, 5.41) is 6.52. The second-order valence-corrected chi connectivity index (χ2v) is 5.73. The highest BCUT2D eigenvalue weighted by molar-refractivity contribution is 7.13. The molecule has 20 heavy (non-hydrogen) atoms. The smallest absolute Gasteiger partial charge is 0.183 e. The van der Waals surface area contributed by atoms with E-state index in [1.54, 1.807) is 11.3 Å². The highest BCUT2D eigenvalue weighted by Gasteiger charge is 2.12. The molecule has 5 heteroatoms. The van der Waals surface area contributed by atoms with Gasteiger partial charge in [-0.2, -0.15) is 0 Å². The maximum Gasteiger partial charge on any atom is 0.183 e. The molecule has 3 rings (SSSR count). The standard InChI is InChI=1S/C15H19N3OS/c1-2-4-13(5-3-1)10-16-15-17-14(12-20-15)11-18-6-8-19-9-7-18/h1-5,12H,6-11H2,(H,16,17). The van der Waals surface area contributed by atoms with Gasteiger partial charge < -0.3 is 10.1 Å². The maximum absolute atomic E-state index is 5.36. The van der Waals surface area contributed by atoms with Crippen molar-refractivity contribution in [1.29, 1.82) is 0 Å². The first kappa shape index (κ1) is 13.5. The molecule has 1 N–H and O–H groups in total. The Hall–Kier alpha value is -1.43. The van der Waals surface area contributed by atoms with E-state index in [-0.39, 0.29) is 0 Å². The van der Waals surface area contributed by atoms with Crippen LogP contribution in [0, 0.1) is 0 Å². The fraction of sp³-hybridized carbons (Fsp3) is 0.400. The summed E-state index contributed by atoms with van der Waals surface area (Å²) in [5.41, 5.74) is 2.42. The van der Waals surface area contributed by atoms with Crippen molar-refractivity contribution in [2.75, 3.05) is 31.6 Å². The Balaban J connectivity index is 1.51. The summed E-state index contributed by atoms with van der Waals surface area (Å²) in [7, 11) is 0. The molecule has 0 atom stereocenters. The fourth-order valence-electron chi connectivity index (χ4n) is 2.22. The average Bonchev–Trinajstić information content (AvgIpc) is 2.95. The second kappa shape index (κ2) is 6.83. The third-order valence-electron chi connectivity index (χ3n) is 3.33. The van der Waals surface area contributed by atoms with Crippen LogP contribution in [-0.4, -0.2) is 36.2 Å². The van der Waals surface area contributed by atoms with Crippen LogP contribution in [0.5, 0.6) is 0 Å². The third kappa shape index (κ3) is 3.79. The van der Waals surface area contributed by atoms with Crippen LogP contribution < -0.4 is 5.32 Å². The Labute approximate surface area is 123 Å². The minimum atomic E-state index is 0.825. The second-order valence-electron chi connectivity index (χ2n) is 4.87. The van der Waals surface area contributed by atoms with E-state index in [0.717, 1.165) is 50.2 Å². The third-order valence-corrected chi connectivity index (χ3v) is 4.18. The van der Waals surface area contributed by atoms with Crippen LogP contribution in [0.2, 0.25) is 0 Å². The zero-order valence-corrected chi connectivity index (χ0v) is 12.2. The first-order valence-electron chi connectivity index (χ1n) is 6.92. The molecule has 0 bridgehead atoms. The number of aromatic nitrogens is 1. The van der Waals surface area contributed by atoms with Crippen molar-refractivity contribution in [3.8, 4) is 0 Å². The number of morpholine rings is 1. The number of nitrogens with one attached hydrogen (secondary N) is 1. The van der Waals surface area contributed by atoms with Crippen molar-refractivity contribution >= 4 is 16.5 Å².